The van der Waals surface area contributed by atoms with Gasteiger partial charge in [-0.05, 0) is 35.1 Å². The average molecular weight is 828 g/mol. The molecular weight excluding hydrogens is 771 g/mol. The molecule has 16 nitrogen and oxygen atoms in total. The molecule has 2 aromatic rings. The van der Waals surface area contributed by atoms with Gasteiger partial charge in [0.1, 0.15) is 6.61 Å². The minimum Gasteiger partial charge on any atom is -0.481 e. The van der Waals surface area contributed by atoms with E-state index in [0.717, 1.165) is 47.3 Å². The monoisotopic (exact) mass is 827 g/mol. The van der Waals surface area contributed by atoms with Crippen LogP contribution >= 0.6 is 11.8 Å². The molecule has 5 rings (SSSR count). The molecule has 3 aliphatic rings. The molecule has 0 spiro atoms. The molecule has 2 fully saturated rings. The third kappa shape index (κ3) is 14.4. The van der Waals surface area contributed by atoms with E-state index >= 15 is 0 Å². The van der Waals surface area contributed by atoms with Crippen LogP contribution in [-0.2, 0) is 38.1 Å². The summed E-state index contributed by atoms with van der Waals surface area (Å²) >= 11 is 1.88. The van der Waals surface area contributed by atoms with Crippen LogP contribution in [0.2, 0.25) is 0 Å². The number of fused-ring (bicyclic) bond motifs is 4. The summed E-state index contributed by atoms with van der Waals surface area (Å²) < 4.78 is 27.6. The Balaban J connectivity index is 0.812. The van der Waals surface area contributed by atoms with Gasteiger partial charge in [0.25, 0.3) is 0 Å². The zero-order chi connectivity index (χ0) is 41.0. The van der Waals surface area contributed by atoms with Crippen LogP contribution in [0.1, 0.15) is 55.6 Å². The number of benzene rings is 2. The predicted octanol–water partition coefficient (Wildman–Crippen LogP) is 3.13. The zero-order valence-corrected chi connectivity index (χ0v) is 33.8. The Bertz CT molecular complexity index is 1610. The lowest BCUT2D eigenvalue weighted by Crippen LogP contribution is -2.40. The lowest BCUT2D eigenvalue weighted by atomic mass is 9.98. The van der Waals surface area contributed by atoms with Crippen LogP contribution in [0.4, 0.5) is 9.59 Å². The number of aliphatic carboxylic acids is 1. The van der Waals surface area contributed by atoms with Gasteiger partial charge in [-0.3, -0.25) is 14.4 Å². The normalized spacial score (nSPS) is 17.8. The van der Waals surface area contributed by atoms with E-state index in [2.05, 4.69) is 33.4 Å². The Morgan fingerprint density at radius 2 is 1.38 bits per heavy atom. The van der Waals surface area contributed by atoms with Crippen LogP contribution in [0, 0.1) is 0 Å². The van der Waals surface area contributed by atoms with E-state index in [1.54, 1.807) is 0 Å². The van der Waals surface area contributed by atoms with E-state index in [-0.39, 0.29) is 88.1 Å². The van der Waals surface area contributed by atoms with E-state index in [1.165, 1.54) is 4.90 Å². The van der Waals surface area contributed by atoms with Crippen molar-refractivity contribution >= 4 is 41.7 Å². The van der Waals surface area contributed by atoms with Gasteiger partial charge in [0.2, 0.25) is 11.8 Å². The smallest absolute Gasteiger partial charge is 0.407 e. The quantitative estimate of drug-likeness (QED) is 0.0621. The molecule has 0 aromatic heterocycles. The van der Waals surface area contributed by atoms with Crippen LogP contribution in [0.25, 0.3) is 11.1 Å². The van der Waals surface area contributed by atoms with Gasteiger partial charge in [-0.15, -0.1) is 0 Å². The number of ether oxygens (including phenoxy) is 5. The first kappa shape index (κ1) is 44.7. The summed E-state index contributed by atoms with van der Waals surface area (Å²) in [6.07, 6.45) is 2.45. The molecule has 0 unspecified atom stereocenters. The van der Waals surface area contributed by atoms with Crippen molar-refractivity contribution in [1.82, 2.24) is 26.2 Å². The van der Waals surface area contributed by atoms with Gasteiger partial charge >= 0.3 is 18.1 Å². The highest BCUT2D eigenvalue weighted by Gasteiger charge is 2.42. The van der Waals surface area contributed by atoms with Crippen LogP contribution in [0.5, 0.6) is 0 Å². The molecule has 2 saturated heterocycles. The fraction of sp³-hybridized carbons (Fsp3) is 0.585. The number of carboxylic acids is 1. The van der Waals surface area contributed by atoms with Crippen molar-refractivity contribution in [2.75, 3.05) is 91.4 Å². The molecule has 17 heteroatoms. The molecule has 5 N–H and O–H groups in total. The maximum absolute atomic E-state index is 12.9. The number of rotatable bonds is 28. The van der Waals surface area contributed by atoms with Gasteiger partial charge in [0.15, 0.2) is 0 Å². The molecule has 0 radical (unpaired) electrons. The molecule has 58 heavy (non-hydrogen) atoms. The number of nitrogens with one attached hydrogen (secondary N) is 4. The lowest BCUT2D eigenvalue weighted by Gasteiger charge is -2.22. The second kappa shape index (κ2) is 24.5. The number of alkyl carbamates (subject to hydrolysis) is 1. The largest absolute Gasteiger partial charge is 0.481 e. The Morgan fingerprint density at radius 1 is 0.741 bits per heavy atom. The number of carbonyl (C=O) groups is 5. The fourth-order valence-corrected chi connectivity index (χ4v) is 8.78. The van der Waals surface area contributed by atoms with Gasteiger partial charge in [-0.25, -0.2) is 9.59 Å². The average Bonchev–Trinajstić information content (AvgIpc) is 3.88. The molecule has 0 saturated carbocycles. The van der Waals surface area contributed by atoms with Crippen molar-refractivity contribution in [2.24, 2.45) is 0 Å². The number of thioether (sulfide) groups is 1. The maximum atomic E-state index is 12.9. The third-order valence-electron chi connectivity index (χ3n) is 10.2. The Labute approximate surface area is 343 Å². The Kier molecular flexibility index (Phi) is 18.9. The molecule has 1 aliphatic carbocycles. The molecule has 2 aromatic carbocycles. The number of nitrogens with zero attached hydrogens (tertiary/aromatic N) is 1. The summed E-state index contributed by atoms with van der Waals surface area (Å²) in [4.78, 5) is 61.6. The highest BCUT2D eigenvalue weighted by Crippen LogP contribution is 2.44. The van der Waals surface area contributed by atoms with Crippen molar-refractivity contribution in [3.05, 3.63) is 59.7 Å². The number of urea groups is 1. The summed E-state index contributed by atoms with van der Waals surface area (Å²) in [5.41, 5.74) is 4.48. The first-order valence-corrected chi connectivity index (χ1v) is 21.2. The molecule has 318 valence electrons. The lowest BCUT2D eigenvalue weighted by molar-refractivity contribution is -0.138. The van der Waals surface area contributed by atoms with Crippen molar-refractivity contribution < 1.29 is 52.8 Å². The van der Waals surface area contributed by atoms with Crippen LogP contribution in [0.15, 0.2) is 48.5 Å². The molecule has 0 bridgehead atoms. The first-order valence-electron chi connectivity index (χ1n) is 20.1. The first-order chi connectivity index (χ1) is 28.3. The molecular formula is C41H57N5O11S. The summed E-state index contributed by atoms with van der Waals surface area (Å²) in [7, 11) is 0. The van der Waals surface area contributed by atoms with Crippen LogP contribution in [0.3, 0.4) is 0 Å². The van der Waals surface area contributed by atoms with E-state index in [0.29, 0.717) is 57.9 Å². The molecule has 3 atom stereocenters. The number of hydrogen-bond donors (Lipinski definition) is 5. The third-order valence-corrected chi connectivity index (χ3v) is 11.7. The van der Waals surface area contributed by atoms with Gasteiger partial charge in [0.05, 0.1) is 77.8 Å². The van der Waals surface area contributed by atoms with E-state index in [9.17, 15) is 24.0 Å². The maximum Gasteiger partial charge on any atom is 0.407 e. The highest BCUT2D eigenvalue weighted by atomic mass is 32.2. The second-order valence-electron chi connectivity index (χ2n) is 14.2. The van der Waals surface area contributed by atoms with E-state index < -0.39 is 12.1 Å². The van der Waals surface area contributed by atoms with Crippen molar-refractivity contribution in [1.29, 1.82) is 0 Å². The van der Waals surface area contributed by atoms with E-state index in [4.69, 9.17) is 28.8 Å². The Morgan fingerprint density at radius 3 is 2.05 bits per heavy atom. The minimum absolute atomic E-state index is 0.00927. The van der Waals surface area contributed by atoms with Crippen molar-refractivity contribution in [2.45, 2.75) is 61.8 Å². The summed E-state index contributed by atoms with van der Waals surface area (Å²) in [5.74, 6) is -0.428. The standard InChI is InChI=1S/C41H57N5O11S/c47-36(12-6-5-11-35-39-34(28-58-35)44-40(51)45-39)42-16-20-54-22-24-56-26-25-55-23-21-53-19-14-37(48)46(17-13-38(49)50)18-15-43-41(52)57-27-33-31-9-3-1-7-29(31)30-8-2-4-10-32(30)33/h1-4,7-10,33-35,39H,5-6,11-28H2,(H,42,47)(H,43,52)(H,49,50)(H2,44,45,51)/t34-,35-,39+/m0/s1. The number of carbonyl (C=O) groups excluding carboxylic acids is 4. The summed E-state index contributed by atoms with van der Waals surface area (Å²) in [6.45, 7) is 3.52. The highest BCUT2D eigenvalue weighted by molar-refractivity contribution is 8.00. The van der Waals surface area contributed by atoms with Gasteiger partial charge in [-0.2, -0.15) is 11.8 Å². The van der Waals surface area contributed by atoms with Gasteiger partial charge < -0.3 is 55.0 Å². The number of unbranched alkanes of at least 4 members (excludes halogenated alkanes) is 1. The summed E-state index contributed by atoms with van der Waals surface area (Å²) in [5, 5.41) is 21.1. The molecule has 2 aliphatic heterocycles. The van der Waals surface area contributed by atoms with Gasteiger partial charge in [-0.1, -0.05) is 55.0 Å². The molecule has 5 amide bonds. The summed E-state index contributed by atoms with van der Waals surface area (Å²) in [6, 6.07) is 16.5. The van der Waals surface area contributed by atoms with E-state index in [1.807, 2.05) is 48.2 Å². The van der Waals surface area contributed by atoms with Crippen molar-refractivity contribution in [3.63, 3.8) is 0 Å². The topological polar surface area (TPSA) is 203 Å². The minimum atomic E-state index is -1.02. The van der Waals surface area contributed by atoms with Crippen LogP contribution in [-0.4, -0.2) is 149 Å². The Hall–Kier alpha value is -4.42. The van der Waals surface area contributed by atoms with Gasteiger partial charge in [0, 0.05) is 49.5 Å². The fourth-order valence-electron chi connectivity index (χ4n) is 7.24. The van der Waals surface area contributed by atoms with Crippen molar-refractivity contribution in [3.8, 4) is 11.1 Å². The predicted molar refractivity (Wildman–Crippen MR) is 217 cm³/mol. The number of carboxylic acid groups (broad SMARTS) is 1. The van der Waals surface area contributed by atoms with Crippen LogP contribution < -0.4 is 21.3 Å². The zero-order valence-electron chi connectivity index (χ0n) is 33.0. The SMILES string of the molecule is O=C(O)CCN(CCNC(=O)OCC1c2ccccc2-c2ccccc21)C(=O)CCOCCOCCOCCOCCNC(=O)CCCC[C@@H]1SC[C@@H]2NC(=O)N[C@H]21. The molecule has 2 heterocycles. The number of amides is 5. The number of hydrogen-bond acceptors (Lipinski definition) is 11. The second-order valence-corrected chi connectivity index (χ2v) is 15.5.